The molecule has 0 aliphatic rings. The maximum absolute atomic E-state index is 10.5. The Balaban J connectivity index is 3.82. The first-order valence-corrected chi connectivity index (χ1v) is 3.53. The summed E-state index contributed by atoms with van der Waals surface area (Å²) in [5.74, 6) is 0. The lowest BCUT2D eigenvalue weighted by Crippen LogP contribution is -2.20. The normalized spacial score (nSPS) is 14.0. The zero-order chi connectivity index (χ0) is 8.85. The average molecular weight is 179 g/mol. The summed E-state index contributed by atoms with van der Waals surface area (Å²) in [6.45, 7) is 3.48. The molecule has 0 fully saturated rings. The van der Waals surface area contributed by atoms with Crippen LogP contribution in [0.2, 0.25) is 0 Å². The van der Waals surface area contributed by atoms with Crippen LogP contribution in [0.15, 0.2) is 5.10 Å². The summed E-state index contributed by atoms with van der Waals surface area (Å²) in [4.78, 5) is 10.5. The van der Waals surface area contributed by atoms with Crippen LogP contribution < -0.4 is 5.43 Å². The maximum atomic E-state index is 10.5. The molecule has 0 heterocycles. The number of nitrogens with zero attached hydrogens (tertiary/aromatic N) is 1. The summed E-state index contributed by atoms with van der Waals surface area (Å²) in [6.07, 6.45) is -0.596. The number of hydrogen-bond donors (Lipinski definition) is 1. The molecule has 11 heavy (non-hydrogen) atoms. The van der Waals surface area contributed by atoms with Crippen molar-refractivity contribution < 1.29 is 9.53 Å². The number of ether oxygens (including phenoxy) is 1. The highest BCUT2D eigenvalue weighted by atomic mass is 35.5. The van der Waals surface area contributed by atoms with Crippen LogP contribution >= 0.6 is 11.6 Å². The second-order valence-electron chi connectivity index (χ2n) is 1.97. The number of hydrazone groups is 1. The van der Waals surface area contributed by atoms with E-state index < -0.39 is 6.09 Å². The predicted molar refractivity (Wildman–Crippen MR) is 44.0 cm³/mol. The van der Waals surface area contributed by atoms with Gasteiger partial charge in [0.05, 0.1) is 18.2 Å². The molecule has 0 bridgehead atoms. The molecule has 64 valence electrons. The molecule has 0 radical (unpaired) electrons. The summed E-state index contributed by atoms with van der Waals surface area (Å²) in [5, 5.41) is 3.47. The average Bonchev–Trinajstić information content (AvgIpc) is 1.99. The van der Waals surface area contributed by atoms with Gasteiger partial charge in [0.2, 0.25) is 0 Å². The van der Waals surface area contributed by atoms with Crippen molar-refractivity contribution in [2.75, 3.05) is 7.11 Å². The topological polar surface area (TPSA) is 50.7 Å². The molecule has 0 saturated carbocycles. The molecule has 1 N–H and O–H groups in total. The molecule has 1 unspecified atom stereocenters. The van der Waals surface area contributed by atoms with Gasteiger partial charge in [-0.1, -0.05) is 0 Å². The summed E-state index contributed by atoms with van der Waals surface area (Å²) in [5.41, 5.74) is 2.79. The largest absolute Gasteiger partial charge is 0.452 e. The van der Waals surface area contributed by atoms with Gasteiger partial charge in [0.1, 0.15) is 0 Å². The molecule has 0 spiro atoms. The molecule has 0 aromatic heterocycles. The second-order valence-corrected chi connectivity index (χ2v) is 2.63. The predicted octanol–water partition coefficient (Wildman–Crippen LogP) is 1.35. The highest BCUT2D eigenvalue weighted by molar-refractivity contribution is 6.31. The maximum Gasteiger partial charge on any atom is 0.427 e. The fourth-order valence-electron chi connectivity index (χ4n) is 0.268. The van der Waals surface area contributed by atoms with E-state index in [4.69, 9.17) is 11.6 Å². The van der Waals surface area contributed by atoms with Crippen LogP contribution in [0.1, 0.15) is 13.8 Å². The van der Waals surface area contributed by atoms with E-state index in [0.29, 0.717) is 5.71 Å². The van der Waals surface area contributed by atoms with Gasteiger partial charge < -0.3 is 4.74 Å². The summed E-state index contributed by atoms with van der Waals surface area (Å²) >= 11 is 5.63. The van der Waals surface area contributed by atoms with E-state index in [-0.39, 0.29) is 5.38 Å². The Morgan fingerprint density at radius 3 is 2.64 bits per heavy atom. The number of hydrogen-bond acceptors (Lipinski definition) is 3. The number of halogens is 1. The van der Waals surface area contributed by atoms with Gasteiger partial charge in [-0.2, -0.15) is 5.10 Å². The Labute approximate surface area is 70.6 Å². The number of carbonyl (C=O) groups excluding carboxylic acids is 1. The monoisotopic (exact) mass is 178 g/mol. The molecule has 0 aliphatic carbocycles. The van der Waals surface area contributed by atoms with Gasteiger partial charge in [-0.25, -0.2) is 10.2 Å². The molecule has 0 rings (SSSR count). The number of rotatable bonds is 2. The fraction of sp³-hybridized carbons (Fsp3) is 0.667. The summed E-state index contributed by atoms with van der Waals surface area (Å²) in [7, 11) is 1.27. The molecular weight excluding hydrogens is 168 g/mol. The molecule has 4 nitrogen and oxygen atoms in total. The molecule has 1 amide bonds. The van der Waals surface area contributed by atoms with Crippen LogP contribution in [0.25, 0.3) is 0 Å². The van der Waals surface area contributed by atoms with E-state index in [2.05, 4.69) is 15.3 Å². The van der Waals surface area contributed by atoms with Crippen molar-refractivity contribution in [3.8, 4) is 0 Å². The first-order valence-electron chi connectivity index (χ1n) is 3.10. The lowest BCUT2D eigenvalue weighted by Gasteiger charge is -2.01. The minimum Gasteiger partial charge on any atom is -0.452 e. The van der Waals surface area contributed by atoms with Crippen LogP contribution in [0, 0.1) is 0 Å². The first kappa shape index (κ1) is 10.2. The van der Waals surface area contributed by atoms with Gasteiger partial charge in [-0.3, -0.25) is 0 Å². The number of nitrogens with one attached hydrogen (secondary N) is 1. The van der Waals surface area contributed by atoms with E-state index in [1.807, 2.05) is 0 Å². The van der Waals surface area contributed by atoms with E-state index in [1.54, 1.807) is 13.8 Å². The Morgan fingerprint density at radius 2 is 2.27 bits per heavy atom. The van der Waals surface area contributed by atoms with Crippen LogP contribution in [-0.4, -0.2) is 24.3 Å². The quantitative estimate of drug-likeness (QED) is 0.394. The van der Waals surface area contributed by atoms with Gasteiger partial charge >= 0.3 is 6.09 Å². The number of carbonyl (C=O) groups is 1. The third-order valence-corrected chi connectivity index (χ3v) is 1.40. The van der Waals surface area contributed by atoms with Crippen molar-refractivity contribution in [2.45, 2.75) is 19.2 Å². The van der Waals surface area contributed by atoms with Gasteiger partial charge in [-0.05, 0) is 13.8 Å². The summed E-state index contributed by atoms with van der Waals surface area (Å²) < 4.78 is 4.28. The van der Waals surface area contributed by atoms with Crippen molar-refractivity contribution in [2.24, 2.45) is 5.10 Å². The van der Waals surface area contributed by atoms with E-state index in [1.165, 1.54) is 7.11 Å². The second kappa shape index (κ2) is 4.96. The van der Waals surface area contributed by atoms with Gasteiger partial charge in [-0.15, -0.1) is 11.6 Å². The Bertz CT molecular complexity index is 168. The van der Waals surface area contributed by atoms with Crippen molar-refractivity contribution in [1.29, 1.82) is 0 Å². The van der Waals surface area contributed by atoms with Crippen LogP contribution in [0.4, 0.5) is 4.79 Å². The molecule has 0 aromatic carbocycles. The minimum absolute atomic E-state index is 0.188. The highest BCUT2D eigenvalue weighted by Gasteiger charge is 2.01. The van der Waals surface area contributed by atoms with Gasteiger partial charge in [0.15, 0.2) is 0 Å². The molecule has 1 atom stereocenters. The Kier molecular flexibility index (Phi) is 4.61. The minimum atomic E-state index is -0.596. The smallest absolute Gasteiger partial charge is 0.427 e. The third-order valence-electron chi connectivity index (χ3n) is 1.08. The van der Waals surface area contributed by atoms with Gasteiger partial charge in [0.25, 0.3) is 0 Å². The lowest BCUT2D eigenvalue weighted by atomic mass is 10.3. The molecule has 0 saturated heterocycles. The number of amides is 1. The molecule has 5 heteroatoms. The zero-order valence-corrected chi connectivity index (χ0v) is 7.47. The van der Waals surface area contributed by atoms with Crippen molar-refractivity contribution >= 4 is 23.4 Å². The van der Waals surface area contributed by atoms with Gasteiger partial charge in [0, 0.05) is 0 Å². The van der Waals surface area contributed by atoms with Crippen LogP contribution in [0.3, 0.4) is 0 Å². The molecule has 0 aliphatic heterocycles. The zero-order valence-electron chi connectivity index (χ0n) is 6.72. The third kappa shape index (κ3) is 4.61. The van der Waals surface area contributed by atoms with Crippen molar-refractivity contribution in [3.05, 3.63) is 0 Å². The Hall–Kier alpha value is -0.770. The summed E-state index contributed by atoms with van der Waals surface area (Å²) in [6, 6.07) is 0. The van der Waals surface area contributed by atoms with E-state index in [0.717, 1.165) is 0 Å². The van der Waals surface area contributed by atoms with Crippen LogP contribution in [0.5, 0.6) is 0 Å². The van der Waals surface area contributed by atoms with Crippen molar-refractivity contribution in [3.63, 3.8) is 0 Å². The number of methoxy groups -OCH3 is 1. The SMILES string of the molecule is COC(=O)N/N=C(\C)C(C)Cl. The molecule has 0 aromatic rings. The van der Waals surface area contributed by atoms with Crippen LogP contribution in [-0.2, 0) is 4.74 Å². The molecular formula is C6H11ClN2O2. The van der Waals surface area contributed by atoms with E-state index >= 15 is 0 Å². The Morgan fingerprint density at radius 1 is 1.73 bits per heavy atom. The van der Waals surface area contributed by atoms with E-state index in [9.17, 15) is 4.79 Å². The highest BCUT2D eigenvalue weighted by Crippen LogP contribution is 1.95. The first-order chi connectivity index (χ1) is 5.07. The van der Waals surface area contributed by atoms with Crippen molar-refractivity contribution in [1.82, 2.24) is 5.43 Å². The lowest BCUT2D eigenvalue weighted by molar-refractivity contribution is 0.171. The fourth-order valence-corrected chi connectivity index (χ4v) is 0.317. The number of alkyl halides is 1. The standard InChI is InChI=1S/C6H11ClN2O2/c1-4(7)5(2)8-9-6(10)11-3/h4H,1-3H3,(H,9,10)/b8-5+.